The summed E-state index contributed by atoms with van der Waals surface area (Å²) in [5, 5.41) is 14.5. The smallest absolute Gasteiger partial charge is 0.210 e. The minimum atomic E-state index is 0.199. The summed E-state index contributed by atoms with van der Waals surface area (Å²) in [4.78, 5) is 8.44. The van der Waals surface area contributed by atoms with E-state index in [1.165, 1.54) is 6.21 Å². The number of amidine groups is 1. The van der Waals surface area contributed by atoms with E-state index in [9.17, 15) is 5.21 Å². The number of hydroxylamine groups is 1. The minimum absolute atomic E-state index is 0.199. The highest BCUT2D eigenvalue weighted by Gasteiger charge is 2.12. The van der Waals surface area contributed by atoms with Crippen LogP contribution in [0.1, 0.15) is 5.69 Å². The minimum Gasteiger partial charge on any atom is -0.623 e. The van der Waals surface area contributed by atoms with Crippen LogP contribution in [0.4, 0.5) is 5.69 Å². The molecule has 0 saturated heterocycles. The predicted octanol–water partition coefficient (Wildman–Crippen LogP) is 0.830. The molecule has 2 rings (SSSR count). The molecular weight excluding hydrogens is 204 g/mol. The number of pyridine rings is 1. The van der Waals surface area contributed by atoms with E-state index >= 15 is 0 Å². The summed E-state index contributed by atoms with van der Waals surface area (Å²) in [6.07, 6.45) is 4.80. The van der Waals surface area contributed by atoms with E-state index in [0.29, 0.717) is 23.8 Å². The number of fused-ring (bicyclic) bond motifs is 1. The average Bonchev–Trinajstić information content (AvgIpc) is 2.43. The lowest BCUT2D eigenvalue weighted by Gasteiger charge is -2.05. The predicted molar refractivity (Wildman–Crippen MR) is 63.2 cm³/mol. The largest absolute Gasteiger partial charge is 0.623 e. The first-order chi connectivity index (χ1) is 7.79. The molecule has 5 nitrogen and oxygen atoms in total. The first-order valence-electron chi connectivity index (χ1n) is 4.95. The van der Waals surface area contributed by atoms with Crippen molar-refractivity contribution < 1.29 is 4.74 Å². The van der Waals surface area contributed by atoms with E-state index in [2.05, 4.69) is 21.9 Å². The second-order valence-electron chi connectivity index (χ2n) is 3.34. The highest BCUT2D eigenvalue weighted by molar-refractivity contribution is 5.91. The van der Waals surface area contributed by atoms with Crippen LogP contribution in [0.5, 0.6) is 0 Å². The number of aromatic nitrogens is 1. The van der Waals surface area contributed by atoms with E-state index in [-0.39, 0.29) is 6.54 Å². The van der Waals surface area contributed by atoms with Crippen molar-refractivity contribution in [1.82, 2.24) is 10.3 Å². The second kappa shape index (κ2) is 4.57. The molecule has 0 unspecified atom stereocenters. The summed E-state index contributed by atoms with van der Waals surface area (Å²) in [6.45, 7) is 4.39. The van der Waals surface area contributed by atoms with Gasteiger partial charge >= 0.3 is 0 Å². The van der Waals surface area contributed by atoms with Crippen molar-refractivity contribution in [2.45, 2.75) is 0 Å². The summed E-state index contributed by atoms with van der Waals surface area (Å²) in [5.41, 5.74) is 1.29. The SMILES string of the molecule is C=CCNC1=Nc2cccnc2C=[N+]([O-])C1. The van der Waals surface area contributed by atoms with Crippen molar-refractivity contribution >= 4 is 17.7 Å². The third-order valence-electron chi connectivity index (χ3n) is 2.09. The van der Waals surface area contributed by atoms with Crippen LogP contribution in [0, 0.1) is 5.21 Å². The van der Waals surface area contributed by atoms with E-state index in [1.807, 2.05) is 6.07 Å². The molecule has 1 N–H and O–H groups in total. The number of aliphatic imine (C=N–C) groups is 1. The van der Waals surface area contributed by atoms with Gasteiger partial charge in [0.25, 0.3) is 0 Å². The highest BCUT2D eigenvalue weighted by Crippen LogP contribution is 2.15. The summed E-state index contributed by atoms with van der Waals surface area (Å²) < 4.78 is 0.813. The van der Waals surface area contributed by atoms with Crippen LogP contribution in [-0.2, 0) is 0 Å². The fourth-order valence-electron chi connectivity index (χ4n) is 1.40. The van der Waals surface area contributed by atoms with Crippen LogP contribution in [0.15, 0.2) is 36.0 Å². The van der Waals surface area contributed by atoms with Gasteiger partial charge < -0.3 is 10.5 Å². The van der Waals surface area contributed by atoms with Crippen molar-refractivity contribution in [3.8, 4) is 0 Å². The highest BCUT2D eigenvalue weighted by atomic mass is 16.5. The van der Waals surface area contributed by atoms with Crippen molar-refractivity contribution in [3.63, 3.8) is 0 Å². The monoisotopic (exact) mass is 216 g/mol. The summed E-state index contributed by atoms with van der Waals surface area (Å²) in [6, 6.07) is 3.62. The molecule has 0 bridgehead atoms. The van der Waals surface area contributed by atoms with Gasteiger partial charge in [0.1, 0.15) is 0 Å². The van der Waals surface area contributed by atoms with E-state index in [1.54, 1.807) is 18.3 Å². The van der Waals surface area contributed by atoms with Gasteiger partial charge in [-0.05, 0) is 12.1 Å². The summed E-state index contributed by atoms with van der Waals surface area (Å²) in [7, 11) is 0. The Morgan fingerprint density at radius 1 is 1.62 bits per heavy atom. The summed E-state index contributed by atoms with van der Waals surface area (Å²) >= 11 is 0. The van der Waals surface area contributed by atoms with Gasteiger partial charge in [-0.1, -0.05) is 6.08 Å². The van der Waals surface area contributed by atoms with Crippen LogP contribution in [0.3, 0.4) is 0 Å². The fourth-order valence-corrected chi connectivity index (χ4v) is 1.40. The van der Waals surface area contributed by atoms with Crippen LogP contribution < -0.4 is 5.32 Å². The maximum Gasteiger partial charge on any atom is 0.210 e. The number of rotatable bonds is 2. The first kappa shape index (κ1) is 10.4. The molecule has 0 fully saturated rings. The Kier molecular flexibility index (Phi) is 2.95. The number of hydrogen-bond acceptors (Lipinski definition) is 4. The Morgan fingerprint density at radius 2 is 2.50 bits per heavy atom. The maximum absolute atomic E-state index is 11.5. The lowest BCUT2D eigenvalue weighted by atomic mass is 10.3. The normalized spacial score (nSPS) is 14.2. The van der Waals surface area contributed by atoms with Gasteiger partial charge in [-0.15, -0.1) is 6.58 Å². The van der Waals surface area contributed by atoms with Gasteiger partial charge in [-0.3, -0.25) is 0 Å². The first-order valence-corrected chi connectivity index (χ1v) is 4.95. The molecule has 1 aliphatic rings. The molecular formula is C11H12N4O. The van der Waals surface area contributed by atoms with Crippen LogP contribution >= 0.6 is 0 Å². The molecule has 0 amide bonds. The van der Waals surface area contributed by atoms with Crippen molar-refractivity contribution in [2.24, 2.45) is 4.99 Å². The Morgan fingerprint density at radius 3 is 3.31 bits per heavy atom. The van der Waals surface area contributed by atoms with Gasteiger partial charge in [0, 0.05) is 12.7 Å². The molecule has 0 saturated carbocycles. The van der Waals surface area contributed by atoms with Gasteiger partial charge in [0.2, 0.25) is 12.8 Å². The third kappa shape index (κ3) is 2.25. The molecule has 0 aromatic carbocycles. The third-order valence-corrected chi connectivity index (χ3v) is 2.09. The Balaban J connectivity index is 2.35. The second-order valence-corrected chi connectivity index (χ2v) is 3.34. The quantitative estimate of drug-likeness (QED) is 0.452. The Bertz CT molecular complexity index is 465. The van der Waals surface area contributed by atoms with E-state index in [4.69, 9.17) is 0 Å². The van der Waals surface area contributed by atoms with Crippen molar-refractivity contribution in [3.05, 3.63) is 41.9 Å². The molecule has 1 aromatic heterocycles. The van der Waals surface area contributed by atoms with Crippen molar-refractivity contribution in [1.29, 1.82) is 0 Å². The maximum atomic E-state index is 11.5. The molecule has 5 heteroatoms. The average molecular weight is 216 g/mol. The zero-order chi connectivity index (χ0) is 11.4. The van der Waals surface area contributed by atoms with Gasteiger partial charge in [-0.25, -0.2) is 14.7 Å². The van der Waals surface area contributed by atoms with Crippen molar-refractivity contribution in [2.75, 3.05) is 13.1 Å². The topological polar surface area (TPSA) is 63.3 Å². The standard InChI is InChI=1S/C11H12N4O/c1-2-5-13-11-8-15(16)7-10-9(14-11)4-3-6-12-10/h2-4,6-7H,1,5,8H2,(H,13,14). The number of hydrogen-bond donors (Lipinski definition) is 1. The molecule has 0 atom stereocenters. The molecule has 82 valence electrons. The van der Waals surface area contributed by atoms with Crippen LogP contribution in [0.25, 0.3) is 0 Å². The zero-order valence-electron chi connectivity index (χ0n) is 8.76. The lowest BCUT2D eigenvalue weighted by Crippen LogP contribution is -2.30. The van der Waals surface area contributed by atoms with Gasteiger partial charge in [0.05, 0.1) is 5.69 Å². The van der Waals surface area contributed by atoms with Gasteiger partial charge in [0.15, 0.2) is 11.5 Å². The molecule has 0 aliphatic carbocycles. The number of nitrogens with one attached hydrogen (secondary N) is 1. The zero-order valence-corrected chi connectivity index (χ0v) is 8.76. The lowest BCUT2D eigenvalue weighted by molar-refractivity contribution is -0.435. The molecule has 16 heavy (non-hydrogen) atoms. The van der Waals surface area contributed by atoms with E-state index < -0.39 is 0 Å². The summed E-state index contributed by atoms with van der Waals surface area (Å²) in [5.74, 6) is 0.623. The van der Waals surface area contributed by atoms with Crippen LogP contribution in [0.2, 0.25) is 0 Å². The van der Waals surface area contributed by atoms with Gasteiger partial charge in [-0.2, -0.15) is 0 Å². The van der Waals surface area contributed by atoms with Crippen LogP contribution in [-0.4, -0.2) is 34.9 Å². The molecule has 0 spiro atoms. The molecule has 1 aliphatic heterocycles. The van der Waals surface area contributed by atoms with E-state index in [0.717, 1.165) is 4.74 Å². The molecule has 0 radical (unpaired) electrons. The molecule has 2 heterocycles. The number of nitrogens with zero attached hydrogens (tertiary/aromatic N) is 3. The fraction of sp³-hybridized carbons (Fsp3) is 0.182. The Hall–Kier alpha value is -2.17. The Labute approximate surface area is 93.4 Å². The molecule has 1 aromatic rings.